The van der Waals surface area contributed by atoms with Crippen molar-refractivity contribution < 1.29 is 18.4 Å². The number of thioether (sulfide) groups is 1. The van der Waals surface area contributed by atoms with E-state index >= 15 is 0 Å². The van der Waals surface area contributed by atoms with Crippen LogP contribution in [0.3, 0.4) is 0 Å². The summed E-state index contributed by atoms with van der Waals surface area (Å²) >= 11 is 1.59. The molecule has 0 aliphatic heterocycles. The molecule has 2 rings (SSSR count). The van der Waals surface area contributed by atoms with Crippen LogP contribution < -0.4 is 0 Å². The van der Waals surface area contributed by atoms with Gasteiger partial charge in [0.15, 0.2) is 24.1 Å². The quantitative estimate of drug-likeness (QED) is 0.738. The molecule has 0 N–H and O–H groups in total. The van der Waals surface area contributed by atoms with Crippen LogP contribution in [0.15, 0.2) is 33.1 Å². The van der Waals surface area contributed by atoms with Crippen LogP contribution in [0, 0.1) is 0 Å². The summed E-state index contributed by atoms with van der Waals surface area (Å²) in [6, 6.07) is 6.83. The fraction of sp³-hybridized carbons (Fsp3) is 0.167. The normalized spacial score (nSPS) is 10.4. The van der Waals surface area contributed by atoms with Gasteiger partial charge in [0, 0.05) is 0 Å². The number of hydrogen-bond acceptors (Lipinski definition) is 5. The first-order valence-corrected chi connectivity index (χ1v) is 6.13. The summed E-state index contributed by atoms with van der Waals surface area (Å²) in [4.78, 5) is 20.8. The molecule has 0 unspecified atom stereocenters. The average Bonchev–Trinajstić information content (AvgIpc) is 2.97. The van der Waals surface area contributed by atoms with Crippen LogP contribution in [0.4, 0.5) is 0 Å². The fourth-order valence-electron chi connectivity index (χ4n) is 1.32. The zero-order valence-corrected chi connectivity index (χ0v) is 9.74. The highest BCUT2D eigenvalue weighted by atomic mass is 32.2. The molecule has 88 valence electrons. The Labute approximate surface area is 102 Å². The zero-order valence-electron chi connectivity index (χ0n) is 8.92. The predicted molar refractivity (Wildman–Crippen MR) is 63.2 cm³/mol. The number of carbonyl (C=O) groups excluding carboxylic acids is 2. The fourth-order valence-corrected chi connectivity index (χ4v) is 2.14. The molecule has 0 radical (unpaired) electrons. The van der Waals surface area contributed by atoms with E-state index in [0.29, 0.717) is 35.6 Å². The number of carbonyl (C=O) groups is 2. The van der Waals surface area contributed by atoms with Crippen LogP contribution in [0.25, 0.3) is 0 Å². The molecule has 0 saturated heterocycles. The highest BCUT2D eigenvalue weighted by Crippen LogP contribution is 2.20. The van der Waals surface area contributed by atoms with Crippen molar-refractivity contribution in [3.05, 3.63) is 47.3 Å². The van der Waals surface area contributed by atoms with E-state index in [9.17, 15) is 9.59 Å². The second kappa shape index (κ2) is 5.54. The lowest BCUT2D eigenvalue weighted by atomic mass is 10.4. The van der Waals surface area contributed by atoms with E-state index in [1.165, 1.54) is 0 Å². The molecule has 0 fully saturated rings. The average molecular weight is 250 g/mol. The van der Waals surface area contributed by atoms with Crippen molar-refractivity contribution in [3.63, 3.8) is 0 Å². The summed E-state index contributed by atoms with van der Waals surface area (Å²) in [5.41, 5.74) is 0. The minimum atomic E-state index is 0.335. The molecule has 2 aromatic rings. The maximum Gasteiger partial charge on any atom is 0.185 e. The van der Waals surface area contributed by atoms with Gasteiger partial charge >= 0.3 is 0 Å². The SMILES string of the molecule is O=Cc1ccc(CSCc2ccc(C=O)o2)o1. The summed E-state index contributed by atoms with van der Waals surface area (Å²) in [5, 5.41) is 0. The Kier molecular flexibility index (Phi) is 3.82. The molecule has 0 atom stereocenters. The van der Waals surface area contributed by atoms with Crippen molar-refractivity contribution in [1.82, 2.24) is 0 Å². The third-order valence-electron chi connectivity index (χ3n) is 2.09. The second-order valence-corrected chi connectivity index (χ2v) is 4.32. The van der Waals surface area contributed by atoms with Crippen LogP contribution in [0.2, 0.25) is 0 Å². The van der Waals surface area contributed by atoms with E-state index in [0.717, 1.165) is 11.5 Å². The number of hydrogen-bond donors (Lipinski definition) is 0. The monoisotopic (exact) mass is 250 g/mol. The van der Waals surface area contributed by atoms with Crippen molar-refractivity contribution in [3.8, 4) is 0 Å². The molecule has 0 saturated carbocycles. The Morgan fingerprint density at radius 3 is 1.71 bits per heavy atom. The van der Waals surface area contributed by atoms with E-state index in [2.05, 4.69) is 0 Å². The first-order chi connectivity index (χ1) is 8.31. The van der Waals surface area contributed by atoms with Crippen LogP contribution >= 0.6 is 11.8 Å². The van der Waals surface area contributed by atoms with Crippen LogP contribution in [0.1, 0.15) is 32.6 Å². The third-order valence-corrected chi connectivity index (χ3v) is 3.06. The van der Waals surface area contributed by atoms with Gasteiger partial charge in [-0.2, -0.15) is 0 Å². The molecule has 0 spiro atoms. The van der Waals surface area contributed by atoms with Gasteiger partial charge in [0.1, 0.15) is 11.5 Å². The lowest BCUT2D eigenvalue weighted by molar-refractivity contribution is 0.109. The number of rotatable bonds is 6. The molecule has 0 aliphatic carbocycles. The van der Waals surface area contributed by atoms with Gasteiger partial charge in [-0.3, -0.25) is 9.59 Å². The summed E-state index contributed by atoms with van der Waals surface area (Å²) in [6.07, 6.45) is 1.36. The van der Waals surface area contributed by atoms with Gasteiger partial charge in [0.05, 0.1) is 11.5 Å². The summed E-state index contributed by atoms with van der Waals surface area (Å²) in [6.45, 7) is 0. The first kappa shape index (κ1) is 11.7. The lowest BCUT2D eigenvalue weighted by Crippen LogP contribution is -1.79. The van der Waals surface area contributed by atoms with Crippen molar-refractivity contribution in [2.24, 2.45) is 0 Å². The Morgan fingerprint density at radius 1 is 0.882 bits per heavy atom. The largest absolute Gasteiger partial charge is 0.457 e. The topological polar surface area (TPSA) is 60.4 Å². The Balaban J connectivity index is 1.82. The minimum Gasteiger partial charge on any atom is -0.457 e. The number of furan rings is 2. The smallest absolute Gasteiger partial charge is 0.185 e. The summed E-state index contributed by atoms with van der Waals surface area (Å²) in [7, 11) is 0. The van der Waals surface area contributed by atoms with Gasteiger partial charge in [0.2, 0.25) is 0 Å². The van der Waals surface area contributed by atoms with Gasteiger partial charge in [-0.1, -0.05) is 0 Å². The molecular weight excluding hydrogens is 240 g/mol. The van der Waals surface area contributed by atoms with Crippen molar-refractivity contribution in [2.75, 3.05) is 0 Å². The van der Waals surface area contributed by atoms with Gasteiger partial charge < -0.3 is 8.83 Å². The molecule has 0 aliphatic rings. The first-order valence-electron chi connectivity index (χ1n) is 4.97. The highest BCUT2D eigenvalue weighted by molar-refractivity contribution is 7.97. The third kappa shape index (κ3) is 3.10. The Bertz CT molecular complexity index is 466. The Morgan fingerprint density at radius 2 is 1.35 bits per heavy atom. The summed E-state index contributed by atoms with van der Waals surface area (Å²) < 4.78 is 10.4. The van der Waals surface area contributed by atoms with E-state index in [-0.39, 0.29) is 0 Å². The number of aldehydes is 2. The molecule has 0 amide bonds. The van der Waals surface area contributed by atoms with Crippen LogP contribution in [0.5, 0.6) is 0 Å². The van der Waals surface area contributed by atoms with E-state index in [4.69, 9.17) is 8.83 Å². The predicted octanol–water partition coefficient (Wildman–Crippen LogP) is 2.93. The van der Waals surface area contributed by atoms with Gasteiger partial charge in [-0.25, -0.2) is 0 Å². The van der Waals surface area contributed by atoms with Gasteiger partial charge in [-0.15, -0.1) is 11.8 Å². The van der Waals surface area contributed by atoms with E-state index < -0.39 is 0 Å². The maximum atomic E-state index is 10.4. The van der Waals surface area contributed by atoms with Crippen molar-refractivity contribution in [2.45, 2.75) is 11.5 Å². The molecule has 2 aromatic heterocycles. The zero-order chi connectivity index (χ0) is 12.1. The molecule has 0 bridgehead atoms. The van der Waals surface area contributed by atoms with Crippen LogP contribution in [-0.2, 0) is 11.5 Å². The van der Waals surface area contributed by atoms with E-state index in [1.807, 2.05) is 0 Å². The van der Waals surface area contributed by atoms with Gasteiger partial charge in [0.25, 0.3) is 0 Å². The molecule has 5 heteroatoms. The van der Waals surface area contributed by atoms with Crippen LogP contribution in [-0.4, -0.2) is 12.6 Å². The molecule has 2 heterocycles. The lowest BCUT2D eigenvalue weighted by Gasteiger charge is -1.96. The minimum absolute atomic E-state index is 0.335. The second-order valence-electron chi connectivity index (χ2n) is 3.34. The molecule has 17 heavy (non-hydrogen) atoms. The van der Waals surface area contributed by atoms with Crippen molar-refractivity contribution in [1.29, 1.82) is 0 Å². The molecule has 4 nitrogen and oxygen atoms in total. The standard InChI is InChI=1S/C12H10O4S/c13-5-9-1-3-11(15-9)7-17-8-12-4-2-10(6-14)16-12/h1-6H,7-8H2. The van der Waals surface area contributed by atoms with E-state index in [1.54, 1.807) is 36.0 Å². The highest BCUT2D eigenvalue weighted by Gasteiger charge is 2.04. The molecule has 0 aromatic carbocycles. The Hall–Kier alpha value is -1.75. The maximum absolute atomic E-state index is 10.4. The summed E-state index contributed by atoms with van der Waals surface area (Å²) in [5.74, 6) is 3.48. The van der Waals surface area contributed by atoms with Gasteiger partial charge in [-0.05, 0) is 24.3 Å². The molecular formula is C12H10O4S. The van der Waals surface area contributed by atoms with Crippen molar-refractivity contribution >= 4 is 24.3 Å².